The third kappa shape index (κ3) is 4.85. The number of imide groups is 1. The van der Waals surface area contributed by atoms with Gasteiger partial charge in [-0.1, -0.05) is 41.4 Å². The average molecular weight is 500 g/mol. The Kier molecular flexibility index (Phi) is 6.65. The van der Waals surface area contributed by atoms with Gasteiger partial charge in [0.05, 0.1) is 15.0 Å². The molecule has 2 aromatic carbocycles. The fourth-order valence-electron chi connectivity index (χ4n) is 3.60. The Bertz CT molecular complexity index is 1300. The maximum absolute atomic E-state index is 12.9. The molecule has 4 rings (SSSR count). The van der Waals surface area contributed by atoms with Crippen LogP contribution in [0, 0.1) is 13.8 Å². The Hall–Kier alpha value is -3.00. The van der Waals surface area contributed by atoms with Gasteiger partial charge in [-0.15, -0.1) is 0 Å². The number of para-hydroxylation sites is 1. The number of anilines is 1. The zero-order valence-corrected chi connectivity index (χ0v) is 20.1. The van der Waals surface area contributed by atoms with E-state index < -0.39 is 17.1 Å². The highest BCUT2D eigenvalue weighted by molar-refractivity contribution is 8.18. The maximum Gasteiger partial charge on any atom is 0.294 e. The van der Waals surface area contributed by atoms with E-state index in [1.165, 1.54) is 0 Å². The van der Waals surface area contributed by atoms with E-state index in [-0.39, 0.29) is 11.4 Å². The summed E-state index contributed by atoms with van der Waals surface area (Å²) < 4.78 is 1.99. The van der Waals surface area contributed by atoms with Crippen LogP contribution in [0.25, 0.3) is 11.8 Å². The lowest BCUT2D eigenvalue weighted by Gasteiger charge is -2.12. The number of amides is 3. The van der Waals surface area contributed by atoms with Crippen LogP contribution in [0.3, 0.4) is 0 Å². The summed E-state index contributed by atoms with van der Waals surface area (Å²) in [4.78, 5) is 38.8. The van der Waals surface area contributed by atoms with Crippen LogP contribution in [-0.2, 0) is 9.59 Å². The molecule has 0 saturated carbocycles. The minimum atomic E-state index is -0.493. The normalized spacial score (nSPS) is 14.9. The number of benzene rings is 2. The second-order valence-electron chi connectivity index (χ2n) is 7.44. The lowest BCUT2D eigenvalue weighted by Crippen LogP contribution is -2.36. The molecule has 2 heterocycles. The summed E-state index contributed by atoms with van der Waals surface area (Å²) in [5.74, 6) is -0.935. The number of halogens is 2. The van der Waals surface area contributed by atoms with E-state index >= 15 is 0 Å². The lowest BCUT2D eigenvalue weighted by molar-refractivity contribution is -0.127. The molecule has 3 aromatic rings. The zero-order valence-electron chi connectivity index (χ0n) is 17.8. The van der Waals surface area contributed by atoms with Gasteiger partial charge < -0.3 is 9.88 Å². The molecule has 1 saturated heterocycles. The van der Waals surface area contributed by atoms with Crippen molar-refractivity contribution < 1.29 is 14.4 Å². The molecule has 0 spiro atoms. The van der Waals surface area contributed by atoms with Crippen LogP contribution in [0.2, 0.25) is 10.0 Å². The first-order valence-corrected chi connectivity index (χ1v) is 11.6. The van der Waals surface area contributed by atoms with Crippen LogP contribution >= 0.6 is 35.0 Å². The summed E-state index contributed by atoms with van der Waals surface area (Å²) in [6.07, 6.45) is 1.68. The van der Waals surface area contributed by atoms with E-state index in [4.69, 9.17) is 23.2 Å². The standard InChI is InChI=1S/C24H19Cl2N3O3S/c1-14-10-16(15(2)29(14)18-8-9-19(25)20(26)12-18)11-21-23(31)28(24(32)33-21)13-22(30)27-17-6-4-3-5-7-17/h3-12H,13H2,1-2H3,(H,27,30)/b21-11-. The van der Waals surface area contributed by atoms with Crippen molar-refractivity contribution in [1.29, 1.82) is 0 Å². The van der Waals surface area contributed by atoms with Gasteiger partial charge in [-0.25, -0.2) is 0 Å². The zero-order chi connectivity index (χ0) is 23.7. The smallest absolute Gasteiger partial charge is 0.294 e. The van der Waals surface area contributed by atoms with Crippen LogP contribution in [0.15, 0.2) is 59.5 Å². The topological polar surface area (TPSA) is 71.4 Å². The van der Waals surface area contributed by atoms with Crippen molar-refractivity contribution in [1.82, 2.24) is 9.47 Å². The Balaban J connectivity index is 1.55. The minimum Gasteiger partial charge on any atom is -0.325 e. The highest BCUT2D eigenvalue weighted by Crippen LogP contribution is 2.34. The van der Waals surface area contributed by atoms with Crippen molar-refractivity contribution in [2.75, 3.05) is 11.9 Å². The Morgan fingerprint density at radius 1 is 1.03 bits per heavy atom. The van der Waals surface area contributed by atoms with Crippen LogP contribution in [0.1, 0.15) is 17.0 Å². The number of thioether (sulfide) groups is 1. The molecule has 1 fully saturated rings. The Labute approximate surface area is 205 Å². The van der Waals surface area contributed by atoms with Gasteiger partial charge in [-0.3, -0.25) is 19.3 Å². The van der Waals surface area contributed by atoms with Crippen LogP contribution in [0.5, 0.6) is 0 Å². The van der Waals surface area contributed by atoms with Crippen LogP contribution in [-0.4, -0.2) is 33.1 Å². The molecule has 168 valence electrons. The van der Waals surface area contributed by atoms with Crippen molar-refractivity contribution in [3.05, 3.63) is 86.5 Å². The van der Waals surface area contributed by atoms with E-state index in [9.17, 15) is 14.4 Å². The molecule has 0 atom stereocenters. The maximum atomic E-state index is 12.9. The molecule has 0 aliphatic carbocycles. The SMILES string of the molecule is Cc1cc(/C=C2\SC(=O)N(CC(=O)Nc3ccccc3)C2=O)c(C)n1-c1ccc(Cl)c(Cl)c1. The number of hydrogen-bond acceptors (Lipinski definition) is 4. The van der Waals surface area contributed by atoms with Crippen molar-refractivity contribution in [2.24, 2.45) is 0 Å². The second-order valence-corrected chi connectivity index (χ2v) is 9.25. The summed E-state index contributed by atoms with van der Waals surface area (Å²) >= 11 is 13.0. The number of aromatic nitrogens is 1. The van der Waals surface area contributed by atoms with Gasteiger partial charge in [0, 0.05) is 22.8 Å². The fraction of sp³-hybridized carbons (Fsp3) is 0.125. The summed E-state index contributed by atoms with van der Waals surface area (Å²) in [5.41, 5.74) is 4.03. The van der Waals surface area contributed by atoms with E-state index in [2.05, 4.69) is 5.32 Å². The van der Waals surface area contributed by atoms with Crippen molar-refractivity contribution in [3.8, 4) is 5.69 Å². The number of rotatable bonds is 5. The number of aryl methyl sites for hydroxylation is 1. The number of carbonyl (C=O) groups excluding carboxylic acids is 3. The quantitative estimate of drug-likeness (QED) is 0.432. The third-order valence-electron chi connectivity index (χ3n) is 5.15. The van der Waals surface area contributed by atoms with Crippen LogP contribution < -0.4 is 5.32 Å². The molecule has 9 heteroatoms. The minimum absolute atomic E-state index is 0.266. The number of nitrogens with zero attached hydrogens (tertiary/aromatic N) is 2. The van der Waals surface area contributed by atoms with E-state index in [0.717, 1.165) is 39.3 Å². The summed E-state index contributed by atoms with van der Waals surface area (Å²) in [7, 11) is 0. The Morgan fingerprint density at radius 3 is 2.45 bits per heavy atom. The van der Waals surface area contributed by atoms with Gasteiger partial charge in [-0.05, 0) is 73.6 Å². The summed E-state index contributed by atoms with van der Waals surface area (Å²) in [6, 6.07) is 16.1. The molecule has 0 unspecified atom stereocenters. The molecular formula is C24H19Cl2N3O3S. The molecule has 3 amide bonds. The van der Waals surface area contributed by atoms with Gasteiger partial charge in [0.1, 0.15) is 6.54 Å². The molecule has 33 heavy (non-hydrogen) atoms. The van der Waals surface area contributed by atoms with Gasteiger partial charge >= 0.3 is 0 Å². The van der Waals surface area contributed by atoms with Crippen molar-refractivity contribution in [3.63, 3.8) is 0 Å². The van der Waals surface area contributed by atoms with Crippen molar-refractivity contribution >= 4 is 63.8 Å². The first kappa shape index (κ1) is 23.2. The second kappa shape index (κ2) is 9.47. The first-order chi connectivity index (χ1) is 15.7. The molecule has 1 aliphatic heterocycles. The largest absolute Gasteiger partial charge is 0.325 e. The predicted molar refractivity (Wildman–Crippen MR) is 133 cm³/mol. The fourth-order valence-corrected chi connectivity index (χ4v) is 4.72. The molecule has 0 radical (unpaired) electrons. The van der Waals surface area contributed by atoms with Gasteiger partial charge in [-0.2, -0.15) is 0 Å². The number of carbonyl (C=O) groups is 3. The van der Waals surface area contributed by atoms with E-state index in [1.54, 1.807) is 42.5 Å². The highest BCUT2D eigenvalue weighted by Gasteiger charge is 2.36. The number of hydrogen-bond donors (Lipinski definition) is 1. The van der Waals surface area contributed by atoms with Crippen LogP contribution in [0.4, 0.5) is 10.5 Å². The molecule has 1 aromatic heterocycles. The van der Waals surface area contributed by atoms with Gasteiger partial charge in [0.2, 0.25) is 5.91 Å². The molecule has 1 aliphatic rings. The average Bonchev–Trinajstić information content (AvgIpc) is 3.20. The lowest BCUT2D eigenvalue weighted by atomic mass is 10.2. The van der Waals surface area contributed by atoms with E-state index in [1.807, 2.05) is 36.6 Å². The predicted octanol–water partition coefficient (Wildman–Crippen LogP) is 6.08. The third-order valence-corrected chi connectivity index (χ3v) is 6.80. The summed E-state index contributed by atoms with van der Waals surface area (Å²) in [6.45, 7) is 3.50. The van der Waals surface area contributed by atoms with Crippen molar-refractivity contribution in [2.45, 2.75) is 13.8 Å². The van der Waals surface area contributed by atoms with Gasteiger partial charge in [0.25, 0.3) is 11.1 Å². The molecular weight excluding hydrogens is 481 g/mol. The first-order valence-electron chi connectivity index (χ1n) is 9.99. The van der Waals surface area contributed by atoms with Gasteiger partial charge in [0.15, 0.2) is 0 Å². The highest BCUT2D eigenvalue weighted by atomic mass is 35.5. The summed E-state index contributed by atoms with van der Waals surface area (Å²) in [5, 5.41) is 3.11. The molecule has 6 nitrogen and oxygen atoms in total. The van der Waals surface area contributed by atoms with E-state index in [0.29, 0.717) is 15.7 Å². The number of nitrogens with one attached hydrogen (secondary N) is 1. The molecule has 0 bridgehead atoms. The molecule has 1 N–H and O–H groups in total. The monoisotopic (exact) mass is 499 g/mol. The Morgan fingerprint density at radius 2 is 1.76 bits per heavy atom.